The molecule has 0 atom stereocenters. The molecule has 0 bridgehead atoms. The lowest BCUT2D eigenvalue weighted by molar-refractivity contribution is 0.654. The fourth-order valence-electron chi connectivity index (χ4n) is 10.2. The standard InChI is InChI=1S/C59H44N2O/c1-59(2)53-22-9-5-8-17-47(53)48-35-34-45(38-54(48)59)60(44-32-27-40(28-33-44)46-20-14-21-51-50-19-11-13-24-57(50)62-58(46)51)43-30-25-39(26-31-43)41-29-36-56-52(37-41)49-18-10-12-23-55(49)61(56)42-15-6-3-4-7-16-42/h3,5-6,8,10-14,16-38H,4,7,15H2,1-2H3. The van der Waals surface area contributed by atoms with Gasteiger partial charge in [0.2, 0.25) is 0 Å². The van der Waals surface area contributed by atoms with Crippen LogP contribution in [0, 0.1) is 0 Å². The molecule has 2 aromatic heterocycles. The lowest BCUT2D eigenvalue weighted by Gasteiger charge is -2.29. The smallest absolute Gasteiger partial charge is 0.143 e. The Labute approximate surface area is 361 Å². The van der Waals surface area contributed by atoms with Gasteiger partial charge in [-0.3, -0.25) is 0 Å². The Hall–Kier alpha value is -7.58. The van der Waals surface area contributed by atoms with Crippen molar-refractivity contribution in [3.8, 4) is 22.3 Å². The summed E-state index contributed by atoms with van der Waals surface area (Å²) in [4.78, 5) is 2.40. The first-order valence-electron chi connectivity index (χ1n) is 21.8. The van der Waals surface area contributed by atoms with E-state index >= 15 is 0 Å². The van der Waals surface area contributed by atoms with Gasteiger partial charge in [-0.2, -0.15) is 0 Å². The number of rotatable bonds is 6. The molecule has 0 spiro atoms. The van der Waals surface area contributed by atoms with Gasteiger partial charge in [0, 0.05) is 61.7 Å². The zero-order chi connectivity index (χ0) is 41.4. The molecule has 0 fully saturated rings. The Morgan fingerprint density at radius 1 is 0.597 bits per heavy atom. The minimum atomic E-state index is -0.175. The number of anilines is 3. The molecule has 3 aliphatic rings. The Morgan fingerprint density at radius 2 is 1.32 bits per heavy atom. The molecule has 296 valence electrons. The first-order valence-corrected chi connectivity index (χ1v) is 21.8. The van der Waals surface area contributed by atoms with Crippen LogP contribution in [-0.2, 0) is 5.41 Å². The van der Waals surface area contributed by atoms with Gasteiger partial charge in [0.25, 0.3) is 0 Å². The molecule has 0 saturated heterocycles. The van der Waals surface area contributed by atoms with Gasteiger partial charge >= 0.3 is 0 Å². The van der Waals surface area contributed by atoms with Crippen LogP contribution in [0.15, 0.2) is 210 Å². The van der Waals surface area contributed by atoms with Crippen molar-refractivity contribution < 1.29 is 4.42 Å². The highest BCUT2D eigenvalue weighted by Gasteiger charge is 2.36. The summed E-state index contributed by atoms with van der Waals surface area (Å²) < 4.78 is 8.93. The van der Waals surface area contributed by atoms with E-state index in [4.69, 9.17) is 4.42 Å². The fraction of sp³-hybridized carbons (Fsp3) is 0.102. The Morgan fingerprint density at radius 3 is 2.18 bits per heavy atom. The Balaban J connectivity index is 0.955. The number of hydrogen-bond acceptors (Lipinski definition) is 2. The lowest BCUT2D eigenvalue weighted by Crippen LogP contribution is -2.17. The summed E-state index contributed by atoms with van der Waals surface area (Å²) in [6.45, 7) is 4.67. The molecule has 9 aromatic rings. The van der Waals surface area contributed by atoms with Gasteiger partial charge in [-0.05, 0) is 125 Å². The van der Waals surface area contributed by atoms with E-state index in [9.17, 15) is 0 Å². The summed E-state index contributed by atoms with van der Waals surface area (Å²) >= 11 is 0. The molecular formula is C59H44N2O. The molecule has 62 heavy (non-hydrogen) atoms. The van der Waals surface area contributed by atoms with Crippen LogP contribution >= 0.6 is 0 Å². The minimum absolute atomic E-state index is 0.175. The van der Waals surface area contributed by atoms with E-state index in [0.29, 0.717) is 0 Å². The summed E-state index contributed by atoms with van der Waals surface area (Å²) in [5.41, 5.74) is 22.0. The number of hydrogen-bond donors (Lipinski definition) is 0. The van der Waals surface area contributed by atoms with Crippen molar-refractivity contribution >= 4 is 72.1 Å². The maximum absolute atomic E-state index is 6.46. The van der Waals surface area contributed by atoms with Gasteiger partial charge in [0.05, 0.1) is 11.0 Å². The number of nitrogens with zero attached hydrogens (tertiary/aromatic N) is 2. The molecule has 3 heteroatoms. The van der Waals surface area contributed by atoms with E-state index in [1.54, 1.807) is 0 Å². The number of aromatic nitrogens is 1. The third-order valence-electron chi connectivity index (χ3n) is 13.3. The van der Waals surface area contributed by atoms with E-state index in [1.807, 2.05) is 18.2 Å². The highest BCUT2D eigenvalue weighted by atomic mass is 16.3. The Kier molecular flexibility index (Phi) is 8.35. The summed E-state index contributed by atoms with van der Waals surface area (Å²) in [5, 5.41) is 4.84. The molecule has 0 radical (unpaired) electrons. The highest BCUT2D eigenvalue weighted by molar-refractivity contribution is 6.12. The first kappa shape index (κ1) is 36.3. The van der Waals surface area contributed by atoms with Crippen LogP contribution in [0.5, 0.6) is 0 Å². The predicted octanol–water partition coefficient (Wildman–Crippen LogP) is 16.4. The van der Waals surface area contributed by atoms with E-state index in [-0.39, 0.29) is 5.41 Å². The summed E-state index contributed by atoms with van der Waals surface area (Å²) in [6.07, 6.45) is 18.6. The molecule has 0 amide bonds. The van der Waals surface area contributed by atoms with Crippen molar-refractivity contribution in [1.29, 1.82) is 0 Å². The normalized spacial score (nSPS) is 15.4. The van der Waals surface area contributed by atoms with E-state index in [1.165, 1.54) is 60.9 Å². The number of furan rings is 1. The molecule has 3 nitrogen and oxygen atoms in total. The van der Waals surface area contributed by atoms with Crippen LogP contribution in [0.2, 0.25) is 0 Å². The van der Waals surface area contributed by atoms with Gasteiger partial charge in [-0.25, -0.2) is 0 Å². The number of allylic oxidation sites excluding steroid dienone is 9. The quantitative estimate of drug-likeness (QED) is 0.123. The van der Waals surface area contributed by atoms with Crippen LogP contribution < -0.4 is 4.90 Å². The van der Waals surface area contributed by atoms with Gasteiger partial charge < -0.3 is 13.9 Å². The fourth-order valence-corrected chi connectivity index (χ4v) is 10.2. The average molecular weight is 797 g/mol. The molecule has 12 rings (SSSR count). The van der Waals surface area contributed by atoms with E-state index in [2.05, 4.69) is 205 Å². The average Bonchev–Trinajstić information content (AvgIpc) is 3.67. The van der Waals surface area contributed by atoms with Crippen LogP contribution in [0.25, 0.3) is 77.3 Å². The number of para-hydroxylation sites is 3. The zero-order valence-electron chi connectivity index (χ0n) is 34.9. The van der Waals surface area contributed by atoms with Gasteiger partial charge in [-0.15, -0.1) is 5.73 Å². The molecule has 3 aliphatic carbocycles. The highest BCUT2D eigenvalue weighted by Crippen LogP contribution is 2.50. The van der Waals surface area contributed by atoms with Crippen LogP contribution in [0.3, 0.4) is 0 Å². The van der Waals surface area contributed by atoms with E-state index in [0.717, 1.165) is 69.4 Å². The van der Waals surface area contributed by atoms with Crippen molar-refractivity contribution in [3.63, 3.8) is 0 Å². The molecule has 7 aromatic carbocycles. The second-order valence-corrected chi connectivity index (χ2v) is 17.3. The van der Waals surface area contributed by atoms with Crippen molar-refractivity contribution in [2.24, 2.45) is 0 Å². The summed E-state index contributed by atoms with van der Waals surface area (Å²) in [6, 6.07) is 55.6. The predicted molar refractivity (Wildman–Crippen MR) is 261 cm³/mol. The minimum Gasteiger partial charge on any atom is -0.455 e. The molecule has 0 unspecified atom stereocenters. The third-order valence-corrected chi connectivity index (χ3v) is 13.3. The maximum Gasteiger partial charge on any atom is 0.143 e. The van der Waals surface area contributed by atoms with Gasteiger partial charge in [0.15, 0.2) is 0 Å². The second kappa shape index (κ2) is 14.3. The molecule has 0 N–H and O–H groups in total. The first-order chi connectivity index (χ1) is 30.5. The van der Waals surface area contributed by atoms with Crippen LogP contribution in [0.1, 0.15) is 44.2 Å². The largest absolute Gasteiger partial charge is 0.455 e. The summed E-state index contributed by atoms with van der Waals surface area (Å²) in [5.74, 6) is 0. The third kappa shape index (κ3) is 5.74. The lowest BCUT2D eigenvalue weighted by atomic mass is 9.81. The van der Waals surface area contributed by atoms with Crippen molar-refractivity contribution in [1.82, 2.24) is 4.57 Å². The number of fused-ring (bicyclic) bond motifs is 8. The van der Waals surface area contributed by atoms with Crippen molar-refractivity contribution in [3.05, 3.63) is 217 Å². The van der Waals surface area contributed by atoms with Crippen LogP contribution in [0.4, 0.5) is 17.1 Å². The van der Waals surface area contributed by atoms with Crippen LogP contribution in [-0.4, -0.2) is 4.57 Å². The molecule has 0 saturated carbocycles. The zero-order valence-corrected chi connectivity index (χ0v) is 34.9. The molecular weight excluding hydrogens is 753 g/mol. The van der Waals surface area contributed by atoms with E-state index < -0.39 is 0 Å². The second-order valence-electron chi connectivity index (χ2n) is 17.3. The monoisotopic (exact) mass is 796 g/mol. The molecule has 2 heterocycles. The molecule has 0 aliphatic heterocycles. The SMILES string of the molecule is CC1(C)C2=C(C=CC=C=C2)c2ccc(N(c3ccc(-c4ccc5c(c4)c4ccccc4n5C4=CCCC=CC4)cc3)c3ccc(-c4cccc5c4oc4ccccc45)cc3)cc21. The van der Waals surface area contributed by atoms with Crippen molar-refractivity contribution in [2.75, 3.05) is 4.90 Å². The topological polar surface area (TPSA) is 21.3 Å². The number of benzene rings is 7. The maximum atomic E-state index is 6.46. The summed E-state index contributed by atoms with van der Waals surface area (Å²) in [7, 11) is 0. The van der Waals surface area contributed by atoms with Gasteiger partial charge in [0.1, 0.15) is 11.2 Å². The van der Waals surface area contributed by atoms with Gasteiger partial charge in [-0.1, -0.05) is 135 Å². The van der Waals surface area contributed by atoms with Crippen molar-refractivity contribution in [2.45, 2.75) is 38.5 Å². The Bertz CT molecular complexity index is 3480.